The van der Waals surface area contributed by atoms with Gasteiger partial charge in [0.25, 0.3) is 0 Å². The molecule has 1 aromatic carbocycles. The summed E-state index contributed by atoms with van der Waals surface area (Å²) in [5.74, 6) is 0.503. The molecular formula is C13H16ClNO. The molecular weight excluding hydrogens is 222 g/mol. The minimum atomic E-state index is 0.132. The SMILES string of the molecule is Cc1c(Cl)cccc1N1CCC(=O)C(C)C1. The van der Waals surface area contributed by atoms with E-state index in [0.29, 0.717) is 12.2 Å². The lowest BCUT2D eigenvalue weighted by Gasteiger charge is -2.33. The van der Waals surface area contributed by atoms with Crippen LogP contribution in [0, 0.1) is 12.8 Å². The summed E-state index contributed by atoms with van der Waals surface area (Å²) in [5, 5.41) is 0.794. The van der Waals surface area contributed by atoms with E-state index < -0.39 is 0 Å². The maximum atomic E-state index is 11.5. The number of anilines is 1. The highest BCUT2D eigenvalue weighted by molar-refractivity contribution is 6.31. The van der Waals surface area contributed by atoms with Crippen LogP contribution in [0.3, 0.4) is 0 Å². The van der Waals surface area contributed by atoms with Gasteiger partial charge >= 0.3 is 0 Å². The third-order valence-corrected chi connectivity index (χ3v) is 3.66. The Morgan fingerprint density at radius 1 is 1.44 bits per heavy atom. The molecule has 0 amide bonds. The van der Waals surface area contributed by atoms with Crippen molar-refractivity contribution in [2.75, 3.05) is 18.0 Å². The third kappa shape index (κ3) is 2.07. The van der Waals surface area contributed by atoms with Gasteiger partial charge in [-0.3, -0.25) is 4.79 Å². The Balaban J connectivity index is 2.25. The topological polar surface area (TPSA) is 20.3 Å². The fourth-order valence-corrected chi connectivity index (χ4v) is 2.34. The maximum absolute atomic E-state index is 11.5. The minimum Gasteiger partial charge on any atom is -0.370 e. The number of hydrogen-bond donors (Lipinski definition) is 0. The summed E-state index contributed by atoms with van der Waals surface area (Å²) in [6, 6.07) is 5.94. The van der Waals surface area contributed by atoms with Gasteiger partial charge < -0.3 is 4.90 Å². The van der Waals surface area contributed by atoms with E-state index in [1.54, 1.807) is 0 Å². The molecule has 1 aliphatic heterocycles. The summed E-state index contributed by atoms with van der Waals surface area (Å²) in [5.41, 5.74) is 2.26. The predicted molar refractivity (Wildman–Crippen MR) is 67.2 cm³/mol. The molecule has 3 heteroatoms. The molecule has 0 radical (unpaired) electrons. The predicted octanol–water partition coefficient (Wildman–Crippen LogP) is 3.06. The van der Waals surface area contributed by atoms with Crippen molar-refractivity contribution in [2.24, 2.45) is 5.92 Å². The first-order chi connectivity index (χ1) is 7.59. The summed E-state index contributed by atoms with van der Waals surface area (Å²) < 4.78 is 0. The molecule has 1 fully saturated rings. The van der Waals surface area contributed by atoms with Crippen LogP contribution in [0.15, 0.2) is 18.2 Å². The number of piperidine rings is 1. The zero-order valence-corrected chi connectivity index (χ0v) is 10.4. The normalized spacial score (nSPS) is 21.3. The molecule has 1 atom stereocenters. The fraction of sp³-hybridized carbons (Fsp3) is 0.462. The van der Waals surface area contributed by atoms with Crippen LogP contribution in [0.5, 0.6) is 0 Å². The van der Waals surface area contributed by atoms with Crippen molar-refractivity contribution in [2.45, 2.75) is 20.3 Å². The summed E-state index contributed by atoms with van der Waals surface area (Å²) in [7, 11) is 0. The van der Waals surface area contributed by atoms with Crippen LogP contribution in [0.2, 0.25) is 5.02 Å². The Labute approximate surface area is 101 Å². The molecule has 2 rings (SSSR count). The van der Waals surface area contributed by atoms with Gasteiger partial charge in [-0.2, -0.15) is 0 Å². The molecule has 2 nitrogen and oxygen atoms in total. The van der Waals surface area contributed by atoms with Crippen LogP contribution in [0.4, 0.5) is 5.69 Å². The van der Waals surface area contributed by atoms with Crippen molar-refractivity contribution < 1.29 is 4.79 Å². The lowest BCUT2D eigenvalue weighted by atomic mass is 9.97. The van der Waals surface area contributed by atoms with Gasteiger partial charge in [-0.05, 0) is 24.6 Å². The summed E-state index contributed by atoms with van der Waals surface area (Å²) >= 11 is 6.10. The van der Waals surface area contributed by atoms with E-state index >= 15 is 0 Å². The highest BCUT2D eigenvalue weighted by Gasteiger charge is 2.24. The smallest absolute Gasteiger partial charge is 0.139 e. The van der Waals surface area contributed by atoms with Gasteiger partial charge in [-0.25, -0.2) is 0 Å². The van der Waals surface area contributed by atoms with Crippen molar-refractivity contribution in [3.8, 4) is 0 Å². The molecule has 86 valence electrons. The van der Waals surface area contributed by atoms with Crippen molar-refractivity contribution in [1.29, 1.82) is 0 Å². The number of hydrogen-bond acceptors (Lipinski definition) is 2. The van der Waals surface area contributed by atoms with E-state index in [1.807, 2.05) is 26.0 Å². The largest absolute Gasteiger partial charge is 0.370 e. The van der Waals surface area contributed by atoms with E-state index in [2.05, 4.69) is 11.0 Å². The highest BCUT2D eigenvalue weighted by Crippen LogP contribution is 2.29. The number of halogens is 1. The van der Waals surface area contributed by atoms with Gasteiger partial charge in [-0.15, -0.1) is 0 Å². The third-order valence-electron chi connectivity index (χ3n) is 3.25. The standard InChI is InChI=1S/C13H16ClNO/c1-9-8-15(7-6-13(9)16)12-5-3-4-11(14)10(12)2/h3-5,9H,6-8H2,1-2H3. The highest BCUT2D eigenvalue weighted by atomic mass is 35.5. The van der Waals surface area contributed by atoms with Crippen LogP contribution in [-0.2, 0) is 4.79 Å². The van der Waals surface area contributed by atoms with E-state index in [0.717, 1.165) is 29.4 Å². The Morgan fingerprint density at radius 3 is 2.88 bits per heavy atom. The van der Waals surface area contributed by atoms with Crippen LogP contribution in [0.1, 0.15) is 18.9 Å². The minimum absolute atomic E-state index is 0.132. The molecule has 16 heavy (non-hydrogen) atoms. The zero-order chi connectivity index (χ0) is 11.7. The quantitative estimate of drug-likeness (QED) is 0.748. The van der Waals surface area contributed by atoms with Gasteiger partial charge in [-0.1, -0.05) is 24.6 Å². The number of nitrogens with zero attached hydrogens (tertiary/aromatic N) is 1. The Hall–Kier alpha value is -1.02. The average molecular weight is 238 g/mol. The molecule has 1 unspecified atom stereocenters. The van der Waals surface area contributed by atoms with Crippen LogP contribution in [-0.4, -0.2) is 18.9 Å². The lowest BCUT2D eigenvalue weighted by Crippen LogP contribution is -2.39. The van der Waals surface area contributed by atoms with Gasteiger partial charge in [0.05, 0.1) is 0 Å². The Kier molecular flexibility index (Phi) is 3.20. The van der Waals surface area contributed by atoms with Gasteiger partial charge in [0.1, 0.15) is 5.78 Å². The molecule has 1 heterocycles. The molecule has 0 spiro atoms. The molecule has 1 aliphatic rings. The molecule has 0 N–H and O–H groups in total. The summed E-state index contributed by atoms with van der Waals surface area (Å²) in [4.78, 5) is 13.7. The molecule has 0 aromatic heterocycles. The zero-order valence-electron chi connectivity index (χ0n) is 9.66. The van der Waals surface area contributed by atoms with Crippen molar-refractivity contribution >= 4 is 23.1 Å². The number of Topliss-reactive ketones (excluding diaryl/α,β-unsaturated/α-hetero) is 1. The average Bonchev–Trinajstić information content (AvgIpc) is 2.26. The van der Waals surface area contributed by atoms with E-state index in [4.69, 9.17) is 11.6 Å². The lowest BCUT2D eigenvalue weighted by molar-refractivity contribution is -0.122. The van der Waals surface area contributed by atoms with Crippen molar-refractivity contribution in [3.05, 3.63) is 28.8 Å². The van der Waals surface area contributed by atoms with Gasteiger partial charge in [0.2, 0.25) is 0 Å². The van der Waals surface area contributed by atoms with E-state index in [-0.39, 0.29) is 5.92 Å². The fourth-order valence-electron chi connectivity index (χ4n) is 2.17. The van der Waals surface area contributed by atoms with Crippen LogP contribution in [0.25, 0.3) is 0 Å². The number of rotatable bonds is 1. The second-order valence-corrected chi connectivity index (χ2v) is 4.85. The number of ketones is 1. The summed E-state index contributed by atoms with van der Waals surface area (Å²) in [6.07, 6.45) is 0.646. The molecule has 1 aromatic rings. The number of carbonyl (C=O) groups excluding carboxylic acids is 1. The summed E-state index contributed by atoms with van der Waals surface area (Å²) in [6.45, 7) is 5.64. The first kappa shape index (κ1) is 11.5. The first-order valence-corrected chi connectivity index (χ1v) is 6.00. The Bertz CT molecular complexity index is 416. The van der Waals surface area contributed by atoms with E-state index in [9.17, 15) is 4.79 Å². The Morgan fingerprint density at radius 2 is 2.19 bits per heavy atom. The molecule has 0 bridgehead atoms. The number of carbonyl (C=O) groups is 1. The van der Waals surface area contributed by atoms with Crippen LogP contribution < -0.4 is 4.90 Å². The molecule has 0 saturated carbocycles. The number of benzene rings is 1. The van der Waals surface area contributed by atoms with Crippen LogP contribution >= 0.6 is 11.6 Å². The molecule has 0 aliphatic carbocycles. The first-order valence-electron chi connectivity index (χ1n) is 5.62. The van der Waals surface area contributed by atoms with Crippen molar-refractivity contribution in [3.63, 3.8) is 0 Å². The maximum Gasteiger partial charge on any atom is 0.139 e. The monoisotopic (exact) mass is 237 g/mol. The second-order valence-electron chi connectivity index (χ2n) is 4.45. The van der Waals surface area contributed by atoms with E-state index in [1.165, 1.54) is 0 Å². The second kappa shape index (κ2) is 4.46. The van der Waals surface area contributed by atoms with Gasteiger partial charge in [0.15, 0.2) is 0 Å². The van der Waals surface area contributed by atoms with Gasteiger partial charge in [0, 0.05) is 36.1 Å². The molecule has 1 saturated heterocycles. The van der Waals surface area contributed by atoms with Crippen molar-refractivity contribution in [1.82, 2.24) is 0 Å².